The van der Waals surface area contributed by atoms with Crippen LogP contribution in [0.5, 0.6) is 0 Å². The van der Waals surface area contributed by atoms with Crippen molar-refractivity contribution in [2.75, 3.05) is 4.72 Å². The maximum absolute atomic E-state index is 13.1. The monoisotopic (exact) mass is 393 g/mol. The maximum atomic E-state index is 13.1. The molecular weight excluding hydrogens is 385 g/mol. The van der Waals surface area contributed by atoms with E-state index in [1.807, 2.05) is 0 Å². The van der Waals surface area contributed by atoms with Crippen LogP contribution in [0.15, 0.2) is 32.9 Å². The standard InChI is InChI=1S/C12H9BrFNO4S2/c1-6-10(5-11(13)20-6)21(18,19)15-9-3-2-7(14)4-8(9)12(16)17/h2-5,15H,1H3,(H,16,17). The lowest BCUT2D eigenvalue weighted by atomic mass is 10.2. The van der Waals surface area contributed by atoms with Gasteiger partial charge in [-0.05, 0) is 47.1 Å². The summed E-state index contributed by atoms with van der Waals surface area (Å²) in [6, 6.07) is 4.25. The quantitative estimate of drug-likeness (QED) is 0.832. The molecule has 21 heavy (non-hydrogen) atoms. The minimum atomic E-state index is -3.95. The normalized spacial score (nSPS) is 11.4. The summed E-state index contributed by atoms with van der Waals surface area (Å²) in [7, 11) is -3.95. The Bertz CT molecular complexity index is 817. The Labute approximate surface area is 132 Å². The molecule has 0 amide bonds. The lowest BCUT2D eigenvalue weighted by molar-refractivity contribution is 0.0697. The van der Waals surface area contributed by atoms with E-state index in [0.29, 0.717) is 8.66 Å². The molecule has 0 saturated carbocycles. The van der Waals surface area contributed by atoms with Crippen molar-refractivity contribution in [2.45, 2.75) is 11.8 Å². The first-order valence-electron chi connectivity index (χ1n) is 5.52. The molecule has 5 nitrogen and oxygen atoms in total. The average molecular weight is 394 g/mol. The number of carbonyl (C=O) groups is 1. The van der Waals surface area contributed by atoms with Crippen LogP contribution in [0.4, 0.5) is 10.1 Å². The number of nitrogens with one attached hydrogen (secondary N) is 1. The molecule has 1 aromatic carbocycles. The molecular formula is C12H9BrFNO4S2. The van der Waals surface area contributed by atoms with Crippen molar-refractivity contribution >= 4 is 48.9 Å². The second-order valence-electron chi connectivity index (χ2n) is 4.07. The third kappa shape index (κ3) is 3.42. The number of thiophene rings is 1. The van der Waals surface area contributed by atoms with Crippen LogP contribution >= 0.6 is 27.3 Å². The van der Waals surface area contributed by atoms with Crippen molar-refractivity contribution in [3.05, 3.63) is 44.3 Å². The lowest BCUT2D eigenvalue weighted by Gasteiger charge is -2.10. The van der Waals surface area contributed by atoms with Crippen LogP contribution in [0.25, 0.3) is 0 Å². The predicted molar refractivity (Wildman–Crippen MR) is 80.9 cm³/mol. The predicted octanol–water partition coefficient (Wildman–Crippen LogP) is 3.46. The third-order valence-corrected chi connectivity index (χ3v) is 5.76. The van der Waals surface area contributed by atoms with Gasteiger partial charge >= 0.3 is 5.97 Å². The zero-order valence-corrected chi connectivity index (χ0v) is 13.8. The Balaban J connectivity index is 2.47. The van der Waals surface area contributed by atoms with Crippen molar-refractivity contribution in [3.63, 3.8) is 0 Å². The van der Waals surface area contributed by atoms with Crippen LogP contribution in [-0.2, 0) is 10.0 Å². The van der Waals surface area contributed by atoms with Crippen LogP contribution in [-0.4, -0.2) is 19.5 Å². The smallest absolute Gasteiger partial charge is 0.337 e. The fourth-order valence-corrected chi connectivity index (χ4v) is 5.17. The number of carboxylic acids is 1. The van der Waals surface area contributed by atoms with Crippen LogP contribution in [0.3, 0.4) is 0 Å². The topological polar surface area (TPSA) is 83.5 Å². The number of carboxylic acid groups (broad SMARTS) is 1. The number of sulfonamides is 1. The first-order valence-corrected chi connectivity index (χ1v) is 8.61. The molecule has 112 valence electrons. The van der Waals surface area contributed by atoms with Gasteiger partial charge in [-0.15, -0.1) is 11.3 Å². The SMILES string of the molecule is Cc1sc(Br)cc1S(=O)(=O)Nc1ccc(F)cc1C(=O)O. The van der Waals surface area contributed by atoms with E-state index in [4.69, 9.17) is 5.11 Å². The highest BCUT2D eigenvalue weighted by atomic mass is 79.9. The Hall–Kier alpha value is -1.45. The van der Waals surface area contributed by atoms with Gasteiger partial charge < -0.3 is 5.11 Å². The van der Waals surface area contributed by atoms with Crippen LogP contribution in [0, 0.1) is 12.7 Å². The summed E-state index contributed by atoms with van der Waals surface area (Å²) in [5, 5.41) is 9.01. The van der Waals surface area contributed by atoms with Gasteiger partial charge in [0.15, 0.2) is 0 Å². The molecule has 0 saturated heterocycles. The van der Waals surface area contributed by atoms with Crippen molar-refractivity contribution in [2.24, 2.45) is 0 Å². The van der Waals surface area contributed by atoms with Gasteiger partial charge in [-0.25, -0.2) is 17.6 Å². The van der Waals surface area contributed by atoms with Crippen LogP contribution < -0.4 is 4.72 Å². The molecule has 0 radical (unpaired) electrons. The fraction of sp³-hybridized carbons (Fsp3) is 0.0833. The van der Waals surface area contributed by atoms with Gasteiger partial charge in [-0.3, -0.25) is 4.72 Å². The Morgan fingerprint density at radius 1 is 1.38 bits per heavy atom. The van der Waals surface area contributed by atoms with Gasteiger partial charge in [0, 0.05) is 4.88 Å². The van der Waals surface area contributed by atoms with Gasteiger partial charge in [-0.2, -0.15) is 0 Å². The van der Waals surface area contributed by atoms with Crippen molar-refractivity contribution in [1.82, 2.24) is 0 Å². The van der Waals surface area contributed by atoms with E-state index >= 15 is 0 Å². The molecule has 0 aliphatic heterocycles. The minimum Gasteiger partial charge on any atom is -0.478 e. The minimum absolute atomic E-state index is 0.0417. The maximum Gasteiger partial charge on any atom is 0.337 e. The highest BCUT2D eigenvalue weighted by Crippen LogP contribution is 2.31. The zero-order chi connectivity index (χ0) is 15.8. The van der Waals surface area contributed by atoms with Crippen molar-refractivity contribution in [1.29, 1.82) is 0 Å². The summed E-state index contributed by atoms with van der Waals surface area (Å²) in [6.07, 6.45) is 0. The molecule has 0 spiro atoms. The Morgan fingerprint density at radius 2 is 2.05 bits per heavy atom. The van der Waals surface area contributed by atoms with Crippen LogP contribution in [0.1, 0.15) is 15.2 Å². The first-order chi connectivity index (χ1) is 9.70. The molecule has 0 aliphatic rings. The number of rotatable bonds is 4. The van der Waals surface area contributed by atoms with Crippen molar-refractivity contribution < 1.29 is 22.7 Å². The highest BCUT2D eigenvalue weighted by Gasteiger charge is 2.22. The molecule has 0 bridgehead atoms. The number of anilines is 1. The molecule has 0 fully saturated rings. The van der Waals surface area contributed by atoms with Gasteiger partial charge in [0.2, 0.25) is 0 Å². The van der Waals surface area contributed by atoms with E-state index in [2.05, 4.69) is 20.7 Å². The molecule has 1 heterocycles. The van der Waals surface area contributed by atoms with Gasteiger partial charge in [0.05, 0.1) is 15.0 Å². The van der Waals surface area contributed by atoms with E-state index < -0.39 is 27.4 Å². The molecule has 0 unspecified atom stereocenters. The highest BCUT2D eigenvalue weighted by molar-refractivity contribution is 9.11. The Morgan fingerprint density at radius 3 is 2.57 bits per heavy atom. The van der Waals surface area contributed by atoms with Gasteiger partial charge in [0.1, 0.15) is 10.7 Å². The number of aryl methyl sites for hydroxylation is 1. The largest absolute Gasteiger partial charge is 0.478 e. The number of benzene rings is 1. The van der Waals surface area contributed by atoms with Crippen molar-refractivity contribution in [3.8, 4) is 0 Å². The average Bonchev–Trinajstić information content (AvgIpc) is 2.71. The summed E-state index contributed by atoms with van der Waals surface area (Å²) >= 11 is 4.43. The van der Waals surface area contributed by atoms with E-state index in [9.17, 15) is 17.6 Å². The second kappa shape index (κ2) is 5.74. The van der Waals surface area contributed by atoms with E-state index in [0.717, 1.165) is 18.2 Å². The van der Waals surface area contributed by atoms with E-state index in [1.165, 1.54) is 17.4 Å². The molecule has 2 rings (SSSR count). The summed E-state index contributed by atoms with van der Waals surface area (Å²) in [4.78, 5) is 11.7. The number of aromatic carboxylic acids is 1. The molecule has 2 N–H and O–H groups in total. The summed E-state index contributed by atoms with van der Waals surface area (Å²) in [5.41, 5.74) is -0.642. The number of hydrogen-bond donors (Lipinski definition) is 2. The molecule has 0 atom stereocenters. The summed E-state index contributed by atoms with van der Waals surface area (Å²) in [5.74, 6) is -2.18. The van der Waals surface area contributed by atoms with E-state index in [1.54, 1.807) is 6.92 Å². The molecule has 9 heteroatoms. The van der Waals surface area contributed by atoms with E-state index in [-0.39, 0.29) is 10.6 Å². The molecule has 2 aromatic rings. The van der Waals surface area contributed by atoms with Crippen LogP contribution in [0.2, 0.25) is 0 Å². The number of halogens is 2. The summed E-state index contributed by atoms with van der Waals surface area (Å²) in [6.45, 7) is 1.63. The lowest BCUT2D eigenvalue weighted by Crippen LogP contribution is -2.16. The molecule has 0 aliphatic carbocycles. The first kappa shape index (κ1) is 15.9. The Kier molecular flexibility index (Phi) is 4.35. The third-order valence-electron chi connectivity index (χ3n) is 2.59. The summed E-state index contributed by atoms with van der Waals surface area (Å²) < 4.78 is 40.5. The molecule has 1 aromatic heterocycles. The van der Waals surface area contributed by atoms with Gasteiger partial charge in [0.25, 0.3) is 10.0 Å². The second-order valence-corrected chi connectivity index (χ2v) is 8.36. The van der Waals surface area contributed by atoms with Gasteiger partial charge in [-0.1, -0.05) is 0 Å². The number of hydrogen-bond acceptors (Lipinski definition) is 4. The fourth-order valence-electron chi connectivity index (χ4n) is 1.68. The zero-order valence-electron chi connectivity index (χ0n) is 10.6.